The average molecular weight is 221 g/mol. The van der Waals surface area contributed by atoms with Crippen molar-refractivity contribution in [3.63, 3.8) is 0 Å². The van der Waals surface area contributed by atoms with Crippen molar-refractivity contribution in [2.75, 3.05) is 6.26 Å². The predicted octanol–water partition coefficient (Wildman–Crippen LogP) is 3.08. The summed E-state index contributed by atoms with van der Waals surface area (Å²) in [6.45, 7) is 0. The molecule has 0 aliphatic rings. The molecule has 0 aliphatic heterocycles. The lowest BCUT2D eigenvalue weighted by Gasteiger charge is -2.00. The van der Waals surface area contributed by atoms with Gasteiger partial charge in [0.2, 0.25) is 0 Å². The normalized spacial score (nSPS) is 9.92. The van der Waals surface area contributed by atoms with Gasteiger partial charge in [-0.2, -0.15) is 0 Å². The molecule has 5 heteroatoms. The first-order chi connectivity index (χ1) is 5.63. The van der Waals surface area contributed by atoms with E-state index in [0.717, 1.165) is 0 Å². The van der Waals surface area contributed by atoms with Crippen LogP contribution in [0.4, 0.5) is 0 Å². The Bertz CT molecular complexity index is 294. The minimum atomic E-state index is 0.316. The topological polar surface area (TPSA) is 36.7 Å². The molecule has 1 aromatic rings. The van der Waals surface area contributed by atoms with Gasteiger partial charge in [0, 0.05) is 5.56 Å². The molecule has 12 heavy (non-hydrogen) atoms. The zero-order valence-corrected chi connectivity index (χ0v) is 8.59. The molecule has 0 amide bonds. The SMILES string of the molecule is CSC(=N)c1cc(Cl)nc(Cl)c1. The van der Waals surface area contributed by atoms with E-state index in [0.29, 0.717) is 20.9 Å². The van der Waals surface area contributed by atoms with Gasteiger partial charge in [-0.15, -0.1) is 11.8 Å². The van der Waals surface area contributed by atoms with E-state index >= 15 is 0 Å². The Balaban J connectivity index is 3.08. The molecular formula is C7H6Cl2N2S. The Morgan fingerprint density at radius 1 is 1.42 bits per heavy atom. The van der Waals surface area contributed by atoms with E-state index in [9.17, 15) is 0 Å². The molecule has 0 fully saturated rings. The first kappa shape index (κ1) is 9.84. The molecule has 2 nitrogen and oxygen atoms in total. The maximum Gasteiger partial charge on any atom is 0.131 e. The first-order valence-electron chi connectivity index (χ1n) is 3.09. The fraction of sp³-hybridized carbons (Fsp3) is 0.143. The Morgan fingerprint density at radius 3 is 2.33 bits per heavy atom. The summed E-state index contributed by atoms with van der Waals surface area (Å²) in [7, 11) is 0. The Labute approximate surface area is 84.8 Å². The van der Waals surface area contributed by atoms with E-state index in [4.69, 9.17) is 28.6 Å². The summed E-state index contributed by atoms with van der Waals surface area (Å²) in [5, 5.41) is 8.55. The van der Waals surface area contributed by atoms with Crippen molar-refractivity contribution in [1.82, 2.24) is 4.98 Å². The molecule has 0 aromatic carbocycles. The van der Waals surface area contributed by atoms with Crippen LogP contribution in [0.1, 0.15) is 5.56 Å². The summed E-state index contributed by atoms with van der Waals surface area (Å²) in [5.41, 5.74) is 0.701. The molecule has 1 rings (SSSR count). The van der Waals surface area contributed by atoms with E-state index in [1.807, 2.05) is 6.26 Å². The molecule has 0 saturated carbocycles. The molecule has 0 unspecified atom stereocenters. The number of nitrogens with zero attached hydrogens (tertiary/aromatic N) is 1. The predicted molar refractivity (Wildman–Crippen MR) is 54.6 cm³/mol. The van der Waals surface area contributed by atoms with Gasteiger partial charge in [0.1, 0.15) is 10.3 Å². The number of pyridine rings is 1. The number of hydrogen-bond donors (Lipinski definition) is 1. The van der Waals surface area contributed by atoms with Gasteiger partial charge in [-0.1, -0.05) is 23.2 Å². The maximum absolute atomic E-state index is 7.49. The second-order valence-corrected chi connectivity index (χ2v) is 3.63. The summed E-state index contributed by atoms with van der Waals surface area (Å²) in [6.07, 6.45) is 1.82. The lowest BCUT2D eigenvalue weighted by atomic mass is 10.3. The number of aromatic nitrogens is 1. The van der Waals surface area contributed by atoms with Crippen molar-refractivity contribution in [3.05, 3.63) is 28.0 Å². The number of thioether (sulfide) groups is 1. The van der Waals surface area contributed by atoms with Crippen LogP contribution in [0.3, 0.4) is 0 Å². The second kappa shape index (κ2) is 4.12. The van der Waals surface area contributed by atoms with Crippen molar-refractivity contribution >= 4 is 40.0 Å². The zero-order valence-electron chi connectivity index (χ0n) is 6.27. The maximum atomic E-state index is 7.49. The summed E-state index contributed by atoms with van der Waals surface area (Å²) in [6, 6.07) is 3.23. The number of halogens is 2. The van der Waals surface area contributed by atoms with Crippen molar-refractivity contribution in [3.8, 4) is 0 Å². The van der Waals surface area contributed by atoms with Crippen molar-refractivity contribution in [2.24, 2.45) is 0 Å². The van der Waals surface area contributed by atoms with E-state index in [1.54, 1.807) is 12.1 Å². The Morgan fingerprint density at radius 2 is 1.92 bits per heavy atom. The van der Waals surface area contributed by atoms with Gasteiger partial charge in [0.05, 0.1) is 5.04 Å². The smallest absolute Gasteiger partial charge is 0.131 e. The number of hydrogen-bond acceptors (Lipinski definition) is 3. The van der Waals surface area contributed by atoms with E-state index < -0.39 is 0 Å². The molecule has 0 saturated heterocycles. The van der Waals surface area contributed by atoms with Crippen LogP contribution in [-0.2, 0) is 0 Å². The van der Waals surface area contributed by atoms with Gasteiger partial charge in [-0.25, -0.2) is 4.98 Å². The number of nitrogens with one attached hydrogen (secondary N) is 1. The molecule has 64 valence electrons. The van der Waals surface area contributed by atoms with E-state index in [2.05, 4.69) is 4.98 Å². The van der Waals surface area contributed by atoms with Crippen LogP contribution in [0.25, 0.3) is 0 Å². The highest BCUT2D eigenvalue weighted by atomic mass is 35.5. The highest BCUT2D eigenvalue weighted by Crippen LogP contribution is 2.17. The van der Waals surface area contributed by atoms with Crippen LogP contribution in [-0.4, -0.2) is 16.3 Å². The lowest BCUT2D eigenvalue weighted by Crippen LogP contribution is -1.93. The molecular weight excluding hydrogens is 215 g/mol. The van der Waals surface area contributed by atoms with Crippen LogP contribution in [0, 0.1) is 5.41 Å². The second-order valence-electron chi connectivity index (χ2n) is 2.03. The number of rotatable bonds is 1. The largest absolute Gasteiger partial charge is 0.293 e. The van der Waals surface area contributed by atoms with Gasteiger partial charge in [-0.3, -0.25) is 5.41 Å². The third-order valence-electron chi connectivity index (χ3n) is 1.23. The Hall–Kier alpha value is -0.250. The van der Waals surface area contributed by atoms with Gasteiger partial charge >= 0.3 is 0 Å². The molecule has 0 spiro atoms. The summed E-state index contributed by atoms with van der Waals surface area (Å²) < 4.78 is 0. The average Bonchev–Trinajstić information content (AvgIpc) is 2.01. The van der Waals surface area contributed by atoms with E-state index in [-0.39, 0.29) is 0 Å². The highest BCUT2D eigenvalue weighted by Gasteiger charge is 2.03. The van der Waals surface area contributed by atoms with E-state index in [1.165, 1.54) is 11.8 Å². The zero-order chi connectivity index (χ0) is 9.14. The monoisotopic (exact) mass is 220 g/mol. The van der Waals surface area contributed by atoms with Crippen LogP contribution >= 0.6 is 35.0 Å². The van der Waals surface area contributed by atoms with Crippen LogP contribution in [0.5, 0.6) is 0 Å². The molecule has 0 atom stereocenters. The standard InChI is InChI=1S/C7H6Cl2N2S/c1-12-7(10)4-2-5(8)11-6(9)3-4/h2-3,10H,1H3. The molecule has 0 aliphatic carbocycles. The minimum absolute atomic E-state index is 0.316. The fourth-order valence-electron chi connectivity index (χ4n) is 0.714. The van der Waals surface area contributed by atoms with Gasteiger partial charge in [0.15, 0.2) is 0 Å². The van der Waals surface area contributed by atoms with Crippen LogP contribution in [0.15, 0.2) is 12.1 Å². The van der Waals surface area contributed by atoms with Crippen LogP contribution in [0.2, 0.25) is 10.3 Å². The molecule has 0 radical (unpaired) electrons. The Kier molecular flexibility index (Phi) is 3.38. The van der Waals surface area contributed by atoms with Crippen molar-refractivity contribution in [2.45, 2.75) is 0 Å². The third-order valence-corrected chi connectivity index (χ3v) is 2.26. The molecule has 1 heterocycles. The minimum Gasteiger partial charge on any atom is -0.293 e. The summed E-state index contributed by atoms with van der Waals surface area (Å²) >= 11 is 12.6. The highest BCUT2D eigenvalue weighted by molar-refractivity contribution is 8.13. The van der Waals surface area contributed by atoms with Crippen molar-refractivity contribution in [1.29, 1.82) is 5.41 Å². The summed E-state index contributed by atoms with van der Waals surface area (Å²) in [4.78, 5) is 3.78. The van der Waals surface area contributed by atoms with Gasteiger partial charge in [0.25, 0.3) is 0 Å². The van der Waals surface area contributed by atoms with Gasteiger partial charge < -0.3 is 0 Å². The first-order valence-corrected chi connectivity index (χ1v) is 5.07. The van der Waals surface area contributed by atoms with Gasteiger partial charge in [-0.05, 0) is 18.4 Å². The molecule has 1 N–H and O–H groups in total. The molecule has 0 bridgehead atoms. The molecule has 1 aromatic heterocycles. The summed E-state index contributed by atoms with van der Waals surface area (Å²) in [5.74, 6) is 0. The third kappa shape index (κ3) is 2.37. The quantitative estimate of drug-likeness (QED) is 0.449. The van der Waals surface area contributed by atoms with Crippen LogP contribution < -0.4 is 0 Å². The lowest BCUT2D eigenvalue weighted by molar-refractivity contribution is 1.32. The fourth-order valence-corrected chi connectivity index (χ4v) is 1.53. The van der Waals surface area contributed by atoms with Crippen molar-refractivity contribution < 1.29 is 0 Å².